The molecule has 0 unspecified atom stereocenters. The number of halogens is 2. The highest BCUT2D eigenvalue weighted by Crippen LogP contribution is 2.34. The van der Waals surface area contributed by atoms with Crippen LogP contribution in [0.4, 0.5) is 25.1 Å². The van der Waals surface area contributed by atoms with Crippen molar-refractivity contribution in [3.63, 3.8) is 0 Å². The first-order chi connectivity index (χ1) is 16.7. The third kappa shape index (κ3) is 6.77. The van der Waals surface area contributed by atoms with Crippen LogP contribution in [0.3, 0.4) is 0 Å². The van der Waals surface area contributed by atoms with Gasteiger partial charge in [0, 0.05) is 50.1 Å². The van der Waals surface area contributed by atoms with Gasteiger partial charge in [-0.2, -0.15) is 8.42 Å². The quantitative estimate of drug-likeness (QED) is 0.580. The molecule has 0 bridgehead atoms. The molecular weight excluding hydrogens is 500 g/mol. The van der Waals surface area contributed by atoms with Gasteiger partial charge in [0.05, 0.1) is 7.11 Å². The molecule has 2 amide bonds. The van der Waals surface area contributed by atoms with E-state index in [0.29, 0.717) is 0 Å². The molecule has 0 spiro atoms. The van der Waals surface area contributed by atoms with Gasteiger partial charge in [-0.15, -0.1) is 0 Å². The molecule has 2 aromatic heterocycles. The van der Waals surface area contributed by atoms with Crippen molar-refractivity contribution in [2.75, 3.05) is 30.4 Å². The second-order valence-corrected chi connectivity index (χ2v) is 10.6. The first-order valence-electron chi connectivity index (χ1n) is 10.9. The highest BCUT2D eigenvalue weighted by atomic mass is 32.2. The van der Waals surface area contributed by atoms with Crippen LogP contribution in [0.2, 0.25) is 0 Å². The Labute approximate surface area is 207 Å². The number of sulfonamides is 1. The molecule has 1 saturated heterocycles. The number of rotatable bonds is 6. The summed E-state index contributed by atoms with van der Waals surface area (Å²) in [4.78, 5) is 34.7. The van der Waals surface area contributed by atoms with E-state index in [1.807, 2.05) is 0 Å². The Balaban J connectivity index is 1.84. The van der Waals surface area contributed by atoms with Gasteiger partial charge in [0.1, 0.15) is 22.7 Å². The normalized spacial score (nSPS) is 15.7. The van der Waals surface area contributed by atoms with E-state index < -0.39 is 38.6 Å². The Morgan fingerprint density at radius 3 is 2.36 bits per heavy atom. The zero-order valence-corrected chi connectivity index (χ0v) is 21.0. The van der Waals surface area contributed by atoms with E-state index in [0.717, 1.165) is 12.3 Å². The minimum Gasteiger partial charge on any atom is -0.496 e. The van der Waals surface area contributed by atoms with E-state index >= 15 is 0 Å². The molecule has 2 N–H and O–H groups in total. The largest absolute Gasteiger partial charge is 0.496 e. The maximum Gasteiger partial charge on any atom is 0.421 e. The van der Waals surface area contributed by atoms with Crippen LogP contribution in [0.1, 0.15) is 44.0 Å². The van der Waals surface area contributed by atoms with Gasteiger partial charge in [-0.3, -0.25) is 4.79 Å². The first kappa shape index (κ1) is 27.0. The van der Waals surface area contributed by atoms with Crippen LogP contribution in [0.5, 0.6) is 5.75 Å². The molecular formula is C22H27F2N5O6S. The highest BCUT2D eigenvalue weighted by molar-refractivity contribution is 7.90. The average molecular weight is 528 g/mol. The van der Waals surface area contributed by atoms with Gasteiger partial charge in [-0.05, 0) is 32.9 Å². The zero-order chi connectivity index (χ0) is 26.7. The summed E-state index contributed by atoms with van der Waals surface area (Å²) in [6.07, 6.45) is 0.576. The lowest BCUT2D eigenvalue weighted by Crippen LogP contribution is -2.40. The van der Waals surface area contributed by atoms with Crippen molar-refractivity contribution in [2.45, 2.75) is 50.2 Å². The number of aromatic nitrogens is 2. The molecule has 0 aliphatic carbocycles. The number of nitrogens with zero attached hydrogens (tertiary/aromatic N) is 3. The van der Waals surface area contributed by atoms with Gasteiger partial charge in [0.2, 0.25) is 0 Å². The molecule has 14 heteroatoms. The molecule has 2 aromatic rings. The Morgan fingerprint density at radius 2 is 1.75 bits per heavy atom. The molecule has 11 nitrogen and oxygen atoms in total. The maximum absolute atomic E-state index is 13.6. The summed E-state index contributed by atoms with van der Waals surface area (Å²) in [5.74, 6) is -3.18. The first-order valence-corrected chi connectivity index (χ1v) is 12.4. The van der Waals surface area contributed by atoms with Crippen molar-refractivity contribution in [3.05, 3.63) is 36.2 Å². The number of anilines is 2. The number of methoxy groups -OCH3 is 1. The zero-order valence-electron chi connectivity index (χ0n) is 20.2. The summed E-state index contributed by atoms with van der Waals surface area (Å²) in [7, 11) is -3.06. The van der Waals surface area contributed by atoms with Gasteiger partial charge in [0.25, 0.3) is 21.9 Å². The minimum atomic E-state index is -4.41. The van der Waals surface area contributed by atoms with Gasteiger partial charge in [-0.1, -0.05) is 0 Å². The Kier molecular flexibility index (Phi) is 7.67. The SMILES string of the molecule is COc1ccnc(N2CCC(F)(F)CC2)c1C(=O)Nc1ccnc(S(=O)(=O)NC(=O)OC(C)(C)C)c1. The minimum absolute atomic E-state index is 0.00156. The van der Waals surface area contributed by atoms with Crippen molar-refractivity contribution in [1.82, 2.24) is 14.7 Å². The van der Waals surface area contributed by atoms with E-state index in [-0.39, 0.29) is 48.7 Å². The van der Waals surface area contributed by atoms with Gasteiger partial charge in [-0.25, -0.2) is 28.3 Å². The van der Waals surface area contributed by atoms with Crippen molar-refractivity contribution in [3.8, 4) is 5.75 Å². The molecule has 0 radical (unpaired) electrons. The van der Waals surface area contributed by atoms with Crippen LogP contribution in [0.25, 0.3) is 0 Å². The standard InChI is InChI=1S/C22H27F2N5O6S/c1-21(2,3)35-20(31)28-36(32,33)16-13-14(5-9-25-16)27-19(30)17-15(34-4)6-10-26-18(17)29-11-7-22(23,24)8-12-29/h5-6,9-10,13H,7-8,11-12H2,1-4H3,(H,28,31)(H,25,27,30). The lowest BCUT2D eigenvalue weighted by atomic mass is 10.1. The number of carbonyl (C=O) groups is 2. The van der Waals surface area contributed by atoms with Crippen LogP contribution < -0.4 is 19.7 Å². The second-order valence-electron chi connectivity index (χ2n) is 9.00. The number of amides is 2. The van der Waals surface area contributed by atoms with Crippen molar-refractivity contribution in [2.24, 2.45) is 0 Å². The van der Waals surface area contributed by atoms with Crippen molar-refractivity contribution < 1.29 is 36.3 Å². The lowest BCUT2D eigenvalue weighted by molar-refractivity contribution is -0.0221. The van der Waals surface area contributed by atoms with E-state index in [2.05, 4.69) is 15.3 Å². The Bertz CT molecular complexity index is 1240. The van der Waals surface area contributed by atoms with E-state index in [9.17, 15) is 26.8 Å². The van der Waals surface area contributed by atoms with E-state index in [1.54, 1.807) is 30.4 Å². The number of ether oxygens (including phenoxy) is 2. The van der Waals surface area contributed by atoms with Crippen LogP contribution in [0, 0.1) is 0 Å². The summed E-state index contributed by atoms with van der Waals surface area (Å²) in [6, 6.07) is 3.84. The monoisotopic (exact) mass is 527 g/mol. The summed E-state index contributed by atoms with van der Waals surface area (Å²) >= 11 is 0. The maximum atomic E-state index is 13.6. The van der Waals surface area contributed by atoms with E-state index in [4.69, 9.17) is 9.47 Å². The lowest BCUT2D eigenvalue weighted by Gasteiger charge is -2.33. The third-order valence-electron chi connectivity index (χ3n) is 5.02. The van der Waals surface area contributed by atoms with Gasteiger partial charge in [0.15, 0.2) is 5.03 Å². The van der Waals surface area contributed by atoms with Crippen molar-refractivity contribution in [1.29, 1.82) is 0 Å². The van der Waals surface area contributed by atoms with E-state index in [1.165, 1.54) is 25.4 Å². The highest BCUT2D eigenvalue weighted by Gasteiger charge is 2.36. The molecule has 0 saturated carbocycles. The average Bonchev–Trinajstić information content (AvgIpc) is 2.77. The summed E-state index contributed by atoms with van der Waals surface area (Å²) < 4.78 is 64.4. The molecule has 0 aromatic carbocycles. The van der Waals surface area contributed by atoms with Crippen LogP contribution in [0.15, 0.2) is 35.6 Å². The second kappa shape index (κ2) is 10.2. The number of carbonyl (C=O) groups excluding carboxylic acids is 2. The number of alkyl halides is 2. The Hall–Kier alpha value is -3.55. The number of hydrogen-bond acceptors (Lipinski definition) is 9. The molecule has 3 rings (SSSR count). The van der Waals surface area contributed by atoms with Crippen LogP contribution >= 0.6 is 0 Å². The van der Waals surface area contributed by atoms with Gasteiger partial charge < -0.3 is 19.7 Å². The fourth-order valence-corrected chi connectivity index (χ4v) is 4.24. The number of nitrogens with one attached hydrogen (secondary N) is 2. The number of pyridine rings is 2. The fraction of sp³-hybridized carbons (Fsp3) is 0.455. The smallest absolute Gasteiger partial charge is 0.421 e. The van der Waals surface area contributed by atoms with Crippen molar-refractivity contribution >= 4 is 33.5 Å². The van der Waals surface area contributed by atoms with Gasteiger partial charge >= 0.3 is 6.09 Å². The molecule has 1 aliphatic rings. The molecule has 36 heavy (non-hydrogen) atoms. The summed E-state index contributed by atoms with van der Waals surface area (Å²) in [6.45, 7) is 4.70. The third-order valence-corrected chi connectivity index (χ3v) is 6.23. The predicted octanol–water partition coefficient (Wildman–Crippen LogP) is 3.19. The number of piperidine rings is 1. The summed E-state index contributed by atoms with van der Waals surface area (Å²) in [5.41, 5.74) is -0.881. The molecule has 1 fully saturated rings. The molecule has 196 valence electrons. The topological polar surface area (TPSA) is 140 Å². The molecule has 3 heterocycles. The van der Waals surface area contributed by atoms with Crippen LogP contribution in [-0.4, -0.2) is 62.1 Å². The summed E-state index contributed by atoms with van der Waals surface area (Å²) in [5, 5.41) is 2.01. The fourth-order valence-electron chi connectivity index (χ4n) is 3.39. The number of hydrogen-bond donors (Lipinski definition) is 2. The Morgan fingerprint density at radius 1 is 1.11 bits per heavy atom. The van der Waals surface area contributed by atoms with Crippen LogP contribution in [-0.2, 0) is 14.8 Å². The predicted molar refractivity (Wildman–Crippen MR) is 126 cm³/mol. The molecule has 0 atom stereocenters. The molecule has 1 aliphatic heterocycles.